The number of azide groups is 1. The van der Waals surface area contributed by atoms with Crippen LogP contribution in [0.4, 0.5) is 4.79 Å². The lowest BCUT2D eigenvalue weighted by molar-refractivity contribution is -0.210. The third kappa shape index (κ3) is 13.8. The molecule has 0 aliphatic carbocycles. The van der Waals surface area contributed by atoms with Crippen LogP contribution >= 0.6 is 0 Å². The van der Waals surface area contributed by atoms with Crippen molar-refractivity contribution >= 4 is 12.1 Å². The summed E-state index contributed by atoms with van der Waals surface area (Å²) in [6, 6.07) is 26.9. The highest BCUT2D eigenvalue weighted by Gasteiger charge is 2.28. The quantitative estimate of drug-likeness (QED) is 0.0354. The average molecular weight is 649 g/mol. The molecule has 1 unspecified atom stereocenters. The highest BCUT2D eigenvalue weighted by Crippen LogP contribution is 2.16. The molecule has 1 amide bonds. The average Bonchev–Trinajstić information content (AvgIpc) is 3.11. The number of hydrogen-bond acceptors (Lipinski definition) is 9. The van der Waals surface area contributed by atoms with Gasteiger partial charge in [-0.2, -0.15) is 0 Å². The van der Waals surface area contributed by atoms with Crippen LogP contribution in [0.5, 0.6) is 0 Å². The van der Waals surface area contributed by atoms with Crippen molar-refractivity contribution in [3.05, 3.63) is 118 Å². The second-order valence-corrected chi connectivity index (χ2v) is 10.9. The van der Waals surface area contributed by atoms with Crippen LogP contribution < -0.4 is 0 Å². The van der Waals surface area contributed by atoms with Crippen molar-refractivity contribution < 1.29 is 38.7 Å². The van der Waals surface area contributed by atoms with E-state index in [2.05, 4.69) is 10.0 Å². The van der Waals surface area contributed by atoms with Gasteiger partial charge in [0.2, 0.25) is 0 Å². The van der Waals surface area contributed by atoms with Crippen LogP contribution in [0.3, 0.4) is 0 Å². The standard InChI is InChI=1S/C35H44N4O8/c1-27(37-38-36)34(47-32(31(41)24-40)26-45-33(42)30-19-11-6-12-20-30)44-22-14-3-2-13-21-39(23-28-15-7-4-8-16-28)35(43)46-25-29-17-9-5-10-18-29/h4-12,15-20,27,31-32,34,40-41H,2-3,13-14,21-26H2,1H3/t27-,31+,32?,34-/m0/s1. The maximum absolute atomic E-state index is 13.0. The molecule has 12 nitrogen and oxygen atoms in total. The molecule has 4 atom stereocenters. The Kier molecular flexibility index (Phi) is 16.8. The lowest BCUT2D eigenvalue weighted by Crippen LogP contribution is -2.43. The van der Waals surface area contributed by atoms with Crippen LogP contribution in [0, 0.1) is 0 Å². The van der Waals surface area contributed by atoms with E-state index < -0.39 is 37.1 Å². The van der Waals surface area contributed by atoms with Crippen LogP contribution in [-0.4, -0.2) is 78.1 Å². The summed E-state index contributed by atoms with van der Waals surface area (Å²) in [5.41, 5.74) is 11.2. The zero-order valence-electron chi connectivity index (χ0n) is 26.7. The summed E-state index contributed by atoms with van der Waals surface area (Å²) >= 11 is 0. The van der Waals surface area contributed by atoms with Gasteiger partial charge in [0.05, 0.1) is 18.2 Å². The fraction of sp³-hybridized carbons (Fsp3) is 0.429. The summed E-state index contributed by atoms with van der Waals surface area (Å²) in [6.45, 7) is 2.02. The molecule has 12 heteroatoms. The highest BCUT2D eigenvalue weighted by atomic mass is 16.7. The smallest absolute Gasteiger partial charge is 0.410 e. The van der Waals surface area contributed by atoms with E-state index in [1.54, 1.807) is 42.2 Å². The lowest BCUT2D eigenvalue weighted by atomic mass is 10.1. The van der Waals surface area contributed by atoms with Crippen LogP contribution in [0.25, 0.3) is 10.4 Å². The first-order chi connectivity index (χ1) is 22.9. The Hall–Kier alpha value is -4.45. The van der Waals surface area contributed by atoms with E-state index >= 15 is 0 Å². The number of unbranched alkanes of at least 4 members (excludes halogenated alkanes) is 3. The van der Waals surface area contributed by atoms with E-state index in [0.717, 1.165) is 30.4 Å². The van der Waals surface area contributed by atoms with Gasteiger partial charge >= 0.3 is 12.1 Å². The third-order valence-electron chi connectivity index (χ3n) is 7.23. The molecule has 0 aliphatic heterocycles. The van der Waals surface area contributed by atoms with Gasteiger partial charge < -0.3 is 34.1 Å². The number of aliphatic hydroxyl groups excluding tert-OH is 2. The Morgan fingerprint density at radius 1 is 0.872 bits per heavy atom. The molecule has 0 radical (unpaired) electrons. The summed E-state index contributed by atoms with van der Waals surface area (Å²) in [7, 11) is 0. The Labute approximate surface area is 275 Å². The molecule has 0 fully saturated rings. The van der Waals surface area contributed by atoms with E-state index in [1.165, 1.54) is 0 Å². The van der Waals surface area contributed by atoms with Gasteiger partial charge in [-0.3, -0.25) is 0 Å². The molecule has 47 heavy (non-hydrogen) atoms. The number of carbonyl (C=O) groups is 2. The minimum Gasteiger partial charge on any atom is -0.459 e. The molecule has 0 saturated carbocycles. The minimum atomic E-state index is -1.37. The van der Waals surface area contributed by atoms with E-state index in [4.69, 9.17) is 24.5 Å². The molecule has 0 heterocycles. The van der Waals surface area contributed by atoms with Crippen LogP contribution in [0.15, 0.2) is 96.1 Å². The van der Waals surface area contributed by atoms with Gasteiger partial charge in [0.1, 0.15) is 25.4 Å². The first-order valence-electron chi connectivity index (χ1n) is 15.7. The largest absolute Gasteiger partial charge is 0.459 e. The summed E-state index contributed by atoms with van der Waals surface area (Å²) in [5, 5.41) is 23.6. The predicted octanol–water partition coefficient (Wildman–Crippen LogP) is 6.02. The van der Waals surface area contributed by atoms with Crippen molar-refractivity contribution in [2.24, 2.45) is 5.11 Å². The van der Waals surface area contributed by atoms with Crippen LogP contribution in [0.1, 0.15) is 54.1 Å². The number of amides is 1. The molecule has 3 aromatic rings. The summed E-state index contributed by atoms with van der Waals surface area (Å²) in [6.07, 6.45) is -0.934. The molecule has 3 rings (SSSR count). The molecular formula is C35H44N4O8. The van der Waals surface area contributed by atoms with Crippen molar-refractivity contribution in [1.29, 1.82) is 0 Å². The minimum absolute atomic E-state index is 0.200. The van der Waals surface area contributed by atoms with Crippen LogP contribution in [0.2, 0.25) is 0 Å². The topological polar surface area (TPSA) is 164 Å². The zero-order valence-corrected chi connectivity index (χ0v) is 26.7. The molecule has 3 aromatic carbocycles. The molecule has 0 spiro atoms. The number of nitrogens with zero attached hydrogens (tertiary/aromatic N) is 4. The summed E-state index contributed by atoms with van der Waals surface area (Å²) in [5.74, 6) is -0.614. The molecule has 0 aliphatic rings. The molecule has 0 saturated heterocycles. The molecule has 0 aromatic heterocycles. The van der Waals surface area contributed by atoms with Crippen molar-refractivity contribution in [3.8, 4) is 0 Å². The van der Waals surface area contributed by atoms with Gasteiger partial charge in [-0.05, 0) is 41.6 Å². The first kappa shape index (κ1) is 37.0. The lowest BCUT2D eigenvalue weighted by Gasteiger charge is -2.29. The Morgan fingerprint density at radius 3 is 2.13 bits per heavy atom. The monoisotopic (exact) mass is 648 g/mol. The molecular weight excluding hydrogens is 604 g/mol. The van der Waals surface area contributed by atoms with E-state index in [9.17, 15) is 19.8 Å². The Morgan fingerprint density at radius 2 is 1.49 bits per heavy atom. The number of hydrogen-bond donors (Lipinski definition) is 2. The fourth-order valence-corrected chi connectivity index (χ4v) is 4.58. The van der Waals surface area contributed by atoms with Crippen molar-refractivity contribution in [3.63, 3.8) is 0 Å². The van der Waals surface area contributed by atoms with Crippen LogP contribution in [-0.2, 0) is 32.1 Å². The molecule has 252 valence electrons. The Balaban J connectivity index is 1.47. The first-order valence-corrected chi connectivity index (χ1v) is 15.7. The second kappa shape index (κ2) is 21.4. The van der Waals surface area contributed by atoms with Crippen molar-refractivity contribution in [1.82, 2.24) is 4.90 Å². The van der Waals surface area contributed by atoms with E-state index in [0.29, 0.717) is 25.1 Å². The number of rotatable bonds is 21. The predicted molar refractivity (Wildman–Crippen MR) is 175 cm³/mol. The van der Waals surface area contributed by atoms with E-state index in [-0.39, 0.29) is 25.9 Å². The van der Waals surface area contributed by atoms with Gasteiger partial charge in [-0.1, -0.05) is 104 Å². The number of carbonyl (C=O) groups excluding carboxylic acids is 2. The maximum Gasteiger partial charge on any atom is 0.410 e. The fourth-order valence-electron chi connectivity index (χ4n) is 4.58. The maximum atomic E-state index is 13.0. The summed E-state index contributed by atoms with van der Waals surface area (Å²) < 4.78 is 22.7. The number of aliphatic hydroxyl groups is 2. The molecule has 0 bridgehead atoms. The number of ether oxygens (including phenoxy) is 4. The van der Waals surface area contributed by atoms with E-state index in [1.807, 2.05) is 60.7 Å². The zero-order chi connectivity index (χ0) is 33.7. The normalized spacial score (nSPS) is 13.4. The van der Waals surface area contributed by atoms with Crippen molar-refractivity contribution in [2.45, 2.75) is 70.3 Å². The van der Waals surface area contributed by atoms with Gasteiger partial charge in [0.15, 0.2) is 6.29 Å². The van der Waals surface area contributed by atoms with Gasteiger partial charge in [-0.15, -0.1) is 0 Å². The van der Waals surface area contributed by atoms with Gasteiger partial charge in [0.25, 0.3) is 0 Å². The molecule has 2 N–H and O–H groups in total. The third-order valence-corrected chi connectivity index (χ3v) is 7.23. The highest BCUT2D eigenvalue weighted by molar-refractivity contribution is 5.89. The Bertz CT molecular complexity index is 1360. The van der Waals surface area contributed by atoms with Crippen molar-refractivity contribution in [2.75, 3.05) is 26.4 Å². The van der Waals surface area contributed by atoms with Gasteiger partial charge in [0, 0.05) is 24.6 Å². The number of esters is 1. The second-order valence-electron chi connectivity index (χ2n) is 10.9. The van der Waals surface area contributed by atoms with Gasteiger partial charge in [-0.25, -0.2) is 9.59 Å². The summed E-state index contributed by atoms with van der Waals surface area (Å²) in [4.78, 5) is 29.9. The number of benzene rings is 3. The SMILES string of the molecule is C[C@H](N=[N+]=[N-])[C@@H](OCCCCCCN(Cc1ccccc1)C(=O)OCc1ccccc1)OC(COC(=O)c1ccccc1)[C@H](O)CO.